The monoisotopic (exact) mass is 308 g/mol. The van der Waals surface area contributed by atoms with Crippen molar-refractivity contribution < 1.29 is 14.7 Å². The fourth-order valence-corrected chi connectivity index (χ4v) is 2.68. The number of para-hydroxylation sites is 1. The van der Waals surface area contributed by atoms with Gasteiger partial charge in [0.1, 0.15) is 5.69 Å². The molecule has 0 aliphatic heterocycles. The molecule has 21 heavy (non-hydrogen) atoms. The average molecular weight is 309 g/mol. The van der Waals surface area contributed by atoms with E-state index < -0.39 is 5.97 Å². The molecule has 0 saturated carbocycles. The number of carbonyl (C=O) groups is 2. The normalized spacial score (nSPS) is 12.3. The van der Waals surface area contributed by atoms with Gasteiger partial charge in [-0.05, 0) is 19.4 Å². The number of halogens is 1. The third kappa shape index (κ3) is 3.19. The van der Waals surface area contributed by atoms with Crippen molar-refractivity contribution in [2.75, 3.05) is 0 Å². The molecule has 2 aromatic rings. The molecule has 0 fully saturated rings. The molecular weight excluding hydrogens is 292 g/mol. The molecule has 1 unspecified atom stereocenters. The van der Waals surface area contributed by atoms with Crippen molar-refractivity contribution in [2.45, 2.75) is 25.8 Å². The Kier molecular flexibility index (Phi) is 4.53. The van der Waals surface area contributed by atoms with Crippen LogP contribution in [0.3, 0.4) is 0 Å². The lowest BCUT2D eigenvalue weighted by Gasteiger charge is -2.13. The lowest BCUT2D eigenvalue weighted by molar-refractivity contribution is -0.137. The maximum absolute atomic E-state index is 12.3. The summed E-state index contributed by atoms with van der Waals surface area (Å²) in [6.07, 6.45) is 0.396. The van der Waals surface area contributed by atoms with Crippen LogP contribution >= 0.6 is 11.6 Å². The van der Waals surface area contributed by atoms with E-state index in [1.807, 2.05) is 24.3 Å². The molecule has 1 atom stereocenters. The van der Waals surface area contributed by atoms with Gasteiger partial charge in [0.15, 0.2) is 0 Å². The maximum atomic E-state index is 12.3. The topological polar surface area (TPSA) is 71.3 Å². The summed E-state index contributed by atoms with van der Waals surface area (Å²) in [5.41, 5.74) is 1.27. The Bertz CT molecular complexity index is 655. The SMILES string of the molecule is CC(CCC(=O)O)NC(=O)c1c(Cl)c2ccccc2n1C. The van der Waals surface area contributed by atoms with Crippen molar-refractivity contribution in [2.24, 2.45) is 7.05 Å². The van der Waals surface area contributed by atoms with Crippen LogP contribution in [0.4, 0.5) is 0 Å². The van der Waals surface area contributed by atoms with Crippen molar-refractivity contribution in [3.63, 3.8) is 0 Å². The summed E-state index contributed by atoms with van der Waals surface area (Å²) in [4.78, 5) is 22.9. The van der Waals surface area contributed by atoms with Crippen LogP contribution in [0.1, 0.15) is 30.3 Å². The predicted octanol–water partition coefficient (Wildman–Crippen LogP) is 2.81. The van der Waals surface area contributed by atoms with E-state index in [4.69, 9.17) is 16.7 Å². The van der Waals surface area contributed by atoms with E-state index in [0.717, 1.165) is 10.9 Å². The van der Waals surface area contributed by atoms with E-state index in [-0.39, 0.29) is 18.4 Å². The number of hydrogen-bond donors (Lipinski definition) is 2. The molecule has 1 aromatic carbocycles. The first kappa shape index (κ1) is 15.4. The number of rotatable bonds is 5. The first-order chi connectivity index (χ1) is 9.91. The summed E-state index contributed by atoms with van der Waals surface area (Å²) in [7, 11) is 1.78. The van der Waals surface area contributed by atoms with E-state index in [9.17, 15) is 9.59 Å². The molecule has 2 rings (SSSR count). The van der Waals surface area contributed by atoms with Crippen molar-refractivity contribution >= 4 is 34.4 Å². The smallest absolute Gasteiger partial charge is 0.303 e. The number of nitrogens with one attached hydrogen (secondary N) is 1. The average Bonchev–Trinajstić information content (AvgIpc) is 2.69. The molecule has 1 aromatic heterocycles. The van der Waals surface area contributed by atoms with Crippen molar-refractivity contribution in [1.29, 1.82) is 0 Å². The summed E-state index contributed by atoms with van der Waals surface area (Å²) in [6.45, 7) is 1.78. The molecular formula is C15H17ClN2O3. The molecule has 2 N–H and O–H groups in total. The summed E-state index contributed by atoms with van der Waals surface area (Å²) in [5, 5.41) is 12.7. The molecule has 1 heterocycles. The number of aryl methyl sites for hydroxylation is 1. The minimum Gasteiger partial charge on any atom is -0.481 e. The van der Waals surface area contributed by atoms with Crippen LogP contribution in [0.15, 0.2) is 24.3 Å². The predicted molar refractivity (Wildman–Crippen MR) is 81.7 cm³/mol. The molecule has 1 amide bonds. The molecule has 5 nitrogen and oxygen atoms in total. The second-order valence-corrected chi connectivity index (χ2v) is 5.42. The molecule has 0 radical (unpaired) electrons. The number of carbonyl (C=O) groups excluding carboxylic acids is 1. The highest BCUT2D eigenvalue weighted by molar-refractivity contribution is 6.38. The van der Waals surface area contributed by atoms with Crippen LogP contribution in [0.25, 0.3) is 10.9 Å². The van der Waals surface area contributed by atoms with Gasteiger partial charge in [-0.25, -0.2) is 0 Å². The lowest BCUT2D eigenvalue weighted by Crippen LogP contribution is -2.34. The third-order valence-electron chi connectivity index (χ3n) is 3.43. The zero-order chi connectivity index (χ0) is 15.6. The van der Waals surface area contributed by atoms with Gasteiger partial charge in [0.2, 0.25) is 0 Å². The highest BCUT2D eigenvalue weighted by Gasteiger charge is 2.20. The van der Waals surface area contributed by atoms with E-state index in [0.29, 0.717) is 17.1 Å². The Morgan fingerprint density at radius 2 is 2.05 bits per heavy atom. The van der Waals surface area contributed by atoms with Crippen LogP contribution in [0.5, 0.6) is 0 Å². The van der Waals surface area contributed by atoms with E-state index >= 15 is 0 Å². The number of nitrogens with zero attached hydrogens (tertiary/aromatic N) is 1. The minimum atomic E-state index is -0.876. The van der Waals surface area contributed by atoms with Gasteiger partial charge in [-0.1, -0.05) is 29.8 Å². The molecule has 0 spiro atoms. The fraction of sp³-hybridized carbons (Fsp3) is 0.333. The zero-order valence-corrected chi connectivity index (χ0v) is 12.6. The summed E-state index contributed by atoms with van der Waals surface area (Å²) < 4.78 is 1.75. The number of carboxylic acids is 1. The molecule has 0 aliphatic rings. The van der Waals surface area contributed by atoms with Crippen molar-refractivity contribution in [1.82, 2.24) is 9.88 Å². The Balaban J connectivity index is 2.22. The first-order valence-corrected chi connectivity index (χ1v) is 7.05. The Hall–Kier alpha value is -2.01. The Labute approximate surface area is 127 Å². The number of aliphatic carboxylic acids is 1. The number of benzene rings is 1. The van der Waals surface area contributed by atoms with E-state index in [1.54, 1.807) is 18.5 Å². The number of fused-ring (bicyclic) bond motifs is 1. The van der Waals surface area contributed by atoms with Crippen LogP contribution in [0, 0.1) is 0 Å². The van der Waals surface area contributed by atoms with Crippen LogP contribution in [0.2, 0.25) is 5.02 Å². The molecule has 6 heteroatoms. The van der Waals surface area contributed by atoms with Gasteiger partial charge in [-0.15, -0.1) is 0 Å². The van der Waals surface area contributed by atoms with Gasteiger partial charge in [0.05, 0.1) is 5.02 Å². The van der Waals surface area contributed by atoms with E-state index in [1.165, 1.54) is 0 Å². The highest BCUT2D eigenvalue weighted by Crippen LogP contribution is 2.29. The molecule has 112 valence electrons. The zero-order valence-electron chi connectivity index (χ0n) is 11.9. The lowest BCUT2D eigenvalue weighted by atomic mass is 10.2. The second-order valence-electron chi connectivity index (χ2n) is 5.05. The first-order valence-electron chi connectivity index (χ1n) is 6.67. The third-order valence-corrected chi connectivity index (χ3v) is 3.81. The van der Waals surface area contributed by atoms with Gasteiger partial charge in [0.25, 0.3) is 5.91 Å². The number of aromatic nitrogens is 1. The van der Waals surface area contributed by atoms with Gasteiger partial charge in [-0.2, -0.15) is 0 Å². The van der Waals surface area contributed by atoms with E-state index in [2.05, 4.69) is 5.32 Å². The van der Waals surface area contributed by atoms with Gasteiger partial charge in [-0.3, -0.25) is 9.59 Å². The quantitative estimate of drug-likeness (QED) is 0.892. The van der Waals surface area contributed by atoms with Crippen LogP contribution < -0.4 is 5.32 Å². The Morgan fingerprint density at radius 3 is 2.67 bits per heavy atom. The van der Waals surface area contributed by atoms with Gasteiger partial charge < -0.3 is 15.0 Å². The second kappa shape index (κ2) is 6.18. The molecule has 0 bridgehead atoms. The Morgan fingerprint density at radius 1 is 1.38 bits per heavy atom. The standard InChI is InChI=1S/C15H17ClN2O3/c1-9(7-8-12(19)20)17-15(21)14-13(16)10-5-3-4-6-11(10)18(14)2/h3-6,9H,7-8H2,1-2H3,(H,17,21)(H,19,20). The minimum absolute atomic E-state index is 0.0181. The maximum Gasteiger partial charge on any atom is 0.303 e. The number of carboxylic acid groups (broad SMARTS) is 1. The fourth-order valence-electron chi connectivity index (χ4n) is 2.30. The van der Waals surface area contributed by atoms with Crippen molar-refractivity contribution in [3.05, 3.63) is 35.0 Å². The number of amides is 1. The van der Waals surface area contributed by atoms with Crippen molar-refractivity contribution in [3.8, 4) is 0 Å². The highest BCUT2D eigenvalue weighted by atomic mass is 35.5. The van der Waals surface area contributed by atoms with Gasteiger partial charge >= 0.3 is 5.97 Å². The summed E-state index contributed by atoms with van der Waals surface area (Å²) in [6, 6.07) is 7.28. The summed E-state index contributed by atoms with van der Waals surface area (Å²) in [5.74, 6) is -1.17. The van der Waals surface area contributed by atoms with Gasteiger partial charge in [0, 0.05) is 30.4 Å². The van der Waals surface area contributed by atoms with Crippen LogP contribution in [-0.4, -0.2) is 27.6 Å². The van der Waals surface area contributed by atoms with Crippen LogP contribution in [-0.2, 0) is 11.8 Å². The molecule has 0 saturated heterocycles. The molecule has 0 aliphatic carbocycles. The largest absolute Gasteiger partial charge is 0.481 e. The number of hydrogen-bond acceptors (Lipinski definition) is 2. The summed E-state index contributed by atoms with van der Waals surface area (Å²) >= 11 is 6.29.